The Balaban J connectivity index is 1.82. The first-order valence-electron chi connectivity index (χ1n) is 6.09. The smallest absolute Gasteiger partial charge is 0.335 e. The minimum Gasteiger partial charge on any atom is -0.484 e. The molecule has 0 aliphatic rings. The molecule has 21 heavy (non-hydrogen) atoms. The molecule has 0 aliphatic heterocycles. The zero-order valence-corrected chi connectivity index (χ0v) is 11.5. The molecule has 0 radical (unpaired) electrons. The number of pyridine rings is 1. The van der Waals surface area contributed by atoms with E-state index in [0.29, 0.717) is 22.2 Å². The molecule has 3 aromatic rings. The molecule has 0 aliphatic carbocycles. The highest BCUT2D eigenvalue weighted by Gasteiger charge is 2.09. The second kappa shape index (κ2) is 5.41. The van der Waals surface area contributed by atoms with Crippen molar-refractivity contribution >= 4 is 23.2 Å². The van der Waals surface area contributed by atoms with Crippen LogP contribution in [0.3, 0.4) is 0 Å². The Morgan fingerprint density at radius 1 is 1.33 bits per heavy atom. The van der Waals surface area contributed by atoms with E-state index in [9.17, 15) is 4.79 Å². The number of para-hydroxylation sites is 1. The molecule has 7 heteroatoms. The summed E-state index contributed by atoms with van der Waals surface area (Å²) in [5, 5.41) is 13.6. The lowest BCUT2D eigenvalue weighted by atomic mass is 10.3. The van der Waals surface area contributed by atoms with E-state index in [0.717, 1.165) is 0 Å². The van der Waals surface area contributed by atoms with E-state index in [1.807, 2.05) is 12.1 Å². The molecule has 0 unspecified atom stereocenters. The maximum Gasteiger partial charge on any atom is 0.335 e. The fourth-order valence-corrected chi connectivity index (χ4v) is 2.02. The van der Waals surface area contributed by atoms with Crippen LogP contribution in [0.5, 0.6) is 5.75 Å². The van der Waals surface area contributed by atoms with E-state index in [1.54, 1.807) is 18.3 Å². The van der Waals surface area contributed by atoms with Crippen molar-refractivity contribution in [1.82, 2.24) is 14.6 Å². The summed E-state index contributed by atoms with van der Waals surface area (Å²) in [4.78, 5) is 15.1. The van der Waals surface area contributed by atoms with E-state index >= 15 is 0 Å². The van der Waals surface area contributed by atoms with E-state index in [2.05, 4.69) is 10.1 Å². The summed E-state index contributed by atoms with van der Waals surface area (Å²) in [6.45, 7) is 0.147. The van der Waals surface area contributed by atoms with Gasteiger partial charge in [0, 0.05) is 6.20 Å². The first kappa shape index (κ1) is 13.4. The number of benzene rings is 1. The fourth-order valence-electron chi connectivity index (χ4n) is 1.83. The average Bonchev–Trinajstić information content (AvgIpc) is 2.88. The van der Waals surface area contributed by atoms with Gasteiger partial charge in [-0.05, 0) is 24.3 Å². The number of carboxylic acids is 1. The highest BCUT2D eigenvalue weighted by molar-refractivity contribution is 6.32. The third-order valence-electron chi connectivity index (χ3n) is 2.82. The Morgan fingerprint density at radius 3 is 2.90 bits per heavy atom. The van der Waals surface area contributed by atoms with Crippen molar-refractivity contribution < 1.29 is 14.6 Å². The third kappa shape index (κ3) is 2.80. The maximum absolute atomic E-state index is 10.9. The zero-order chi connectivity index (χ0) is 14.8. The molecule has 0 amide bonds. The van der Waals surface area contributed by atoms with E-state index in [4.69, 9.17) is 21.4 Å². The van der Waals surface area contributed by atoms with E-state index < -0.39 is 5.97 Å². The Hall–Kier alpha value is -2.60. The molecule has 6 nitrogen and oxygen atoms in total. The molecular weight excluding hydrogens is 294 g/mol. The van der Waals surface area contributed by atoms with Crippen LogP contribution in [0.25, 0.3) is 5.65 Å². The van der Waals surface area contributed by atoms with Gasteiger partial charge in [0.2, 0.25) is 0 Å². The van der Waals surface area contributed by atoms with Gasteiger partial charge in [-0.3, -0.25) is 0 Å². The largest absolute Gasteiger partial charge is 0.484 e. The SMILES string of the molecule is O=C(O)c1ccn2nc(COc3ccccc3Cl)nc2c1. The van der Waals surface area contributed by atoms with Crippen molar-refractivity contribution in [2.45, 2.75) is 6.61 Å². The molecule has 106 valence electrons. The summed E-state index contributed by atoms with van der Waals surface area (Å²) >= 11 is 5.99. The molecule has 0 bridgehead atoms. The van der Waals surface area contributed by atoms with Gasteiger partial charge in [-0.1, -0.05) is 23.7 Å². The van der Waals surface area contributed by atoms with Gasteiger partial charge in [0.15, 0.2) is 11.5 Å². The minimum absolute atomic E-state index is 0.147. The molecule has 3 rings (SSSR count). The summed E-state index contributed by atoms with van der Waals surface area (Å²) in [7, 11) is 0. The summed E-state index contributed by atoms with van der Waals surface area (Å²) in [5.74, 6) is -0.0175. The fraction of sp³-hybridized carbons (Fsp3) is 0.0714. The molecular formula is C14H10ClN3O3. The number of nitrogens with zero attached hydrogens (tertiary/aromatic N) is 3. The second-order valence-electron chi connectivity index (χ2n) is 4.27. The summed E-state index contributed by atoms with van der Waals surface area (Å²) in [6.07, 6.45) is 1.55. The number of ether oxygens (including phenoxy) is 1. The van der Waals surface area contributed by atoms with Gasteiger partial charge in [-0.25, -0.2) is 14.3 Å². The first-order chi connectivity index (χ1) is 10.1. The van der Waals surface area contributed by atoms with Crippen LogP contribution < -0.4 is 4.74 Å². The van der Waals surface area contributed by atoms with Crippen LogP contribution in [0.1, 0.15) is 16.2 Å². The van der Waals surface area contributed by atoms with Gasteiger partial charge >= 0.3 is 5.97 Å². The number of hydrogen-bond acceptors (Lipinski definition) is 4. The molecule has 1 aromatic carbocycles. The molecule has 1 N–H and O–H groups in total. The van der Waals surface area contributed by atoms with Crippen LogP contribution in [0.2, 0.25) is 5.02 Å². The number of halogens is 1. The third-order valence-corrected chi connectivity index (χ3v) is 3.13. The molecule has 0 fully saturated rings. The van der Waals surface area contributed by atoms with Crippen molar-refractivity contribution in [2.24, 2.45) is 0 Å². The predicted molar refractivity (Wildman–Crippen MR) is 75.7 cm³/mol. The van der Waals surface area contributed by atoms with Crippen LogP contribution >= 0.6 is 11.6 Å². The Kier molecular flexibility index (Phi) is 3.45. The lowest BCUT2D eigenvalue weighted by Gasteiger charge is -2.04. The minimum atomic E-state index is -1.01. The van der Waals surface area contributed by atoms with E-state index in [1.165, 1.54) is 16.6 Å². The summed E-state index contributed by atoms with van der Waals surface area (Å²) < 4.78 is 7.04. The monoisotopic (exact) mass is 303 g/mol. The normalized spacial score (nSPS) is 10.7. The number of hydrogen-bond donors (Lipinski definition) is 1. The molecule has 0 spiro atoms. The Bertz CT molecular complexity index is 816. The van der Waals surface area contributed by atoms with Crippen LogP contribution in [-0.2, 0) is 6.61 Å². The van der Waals surface area contributed by atoms with Crippen LogP contribution in [0.15, 0.2) is 42.6 Å². The van der Waals surface area contributed by atoms with Crippen LogP contribution in [-0.4, -0.2) is 25.7 Å². The Labute approximate surface area is 124 Å². The van der Waals surface area contributed by atoms with Crippen molar-refractivity contribution in [1.29, 1.82) is 0 Å². The van der Waals surface area contributed by atoms with Gasteiger partial charge in [0.1, 0.15) is 12.4 Å². The molecule has 0 saturated heterocycles. The van der Waals surface area contributed by atoms with Gasteiger partial charge in [-0.15, -0.1) is 5.10 Å². The van der Waals surface area contributed by atoms with Gasteiger partial charge in [0.05, 0.1) is 10.6 Å². The van der Waals surface area contributed by atoms with Crippen LogP contribution in [0.4, 0.5) is 0 Å². The van der Waals surface area contributed by atoms with Gasteiger partial charge in [-0.2, -0.15) is 0 Å². The summed E-state index contributed by atoms with van der Waals surface area (Å²) in [6, 6.07) is 10.0. The highest BCUT2D eigenvalue weighted by atomic mass is 35.5. The number of carboxylic acid groups (broad SMARTS) is 1. The zero-order valence-electron chi connectivity index (χ0n) is 10.7. The molecule has 0 saturated carbocycles. The van der Waals surface area contributed by atoms with Crippen molar-refractivity contribution in [2.75, 3.05) is 0 Å². The van der Waals surface area contributed by atoms with Crippen molar-refractivity contribution in [3.05, 3.63) is 59.0 Å². The number of aromatic nitrogens is 3. The Morgan fingerprint density at radius 2 is 2.14 bits per heavy atom. The van der Waals surface area contributed by atoms with Crippen molar-refractivity contribution in [3.63, 3.8) is 0 Å². The maximum atomic E-state index is 10.9. The number of carbonyl (C=O) groups is 1. The lowest BCUT2D eigenvalue weighted by Crippen LogP contribution is -1.99. The topological polar surface area (TPSA) is 76.7 Å². The number of aromatic carboxylic acids is 1. The van der Waals surface area contributed by atoms with Crippen LogP contribution in [0, 0.1) is 0 Å². The standard InChI is InChI=1S/C14H10ClN3O3/c15-10-3-1-2-4-11(10)21-8-12-16-13-7-9(14(19)20)5-6-18(13)17-12/h1-7H,8H2,(H,19,20). The number of fused-ring (bicyclic) bond motifs is 1. The second-order valence-corrected chi connectivity index (χ2v) is 4.68. The van der Waals surface area contributed by atoms with E-state index in [-0.39, 0.29) is 12.2 Å². The summed E-state index contributed by atoms with van der Waals surface area (Å²) in [5.41, 5.74) is 0.612. The number of rotatable bonds is 4. The average molecular weight is 304 g/mol. The van der Waals surface area contributed by atoms with Gasteiger partial charge < -0.3 is 9.84 Å². The molecule has 0 atom stereocenters. The first-order valence-corrected chi connectivity index (χ1v) is 6.47. The van der Waals surface area contributed by atoms with Gasteiger partial charge in [0.25, 0.3) is 0 Å². The molecule has 2 heterocycles. The molecule has 2 aromatic heterocycles. The van der Waals surface area contributed by atoms with Crippen molar-refractivity contribution in [3.8, 4) is 5.75 Å². The lowest BCUT2D eigenvalue weighted by molar-refractivity contribution is 0.0697. The predicted octanol–water partition coefficient (Wildman–Crippen LogP) is 2.66. The highest BCUT2D eigenvalue weighted by Crippen LogP contribution is 2.23. The quantitative estimate of drug-likeness (QED) is 0.802.